The van der Waals surface area contributed by atoms with E-state index in [1.807, 2.05) is 19.1 Å². The minimum absolute atomic E-state index is 0.0381. The molecule has 3 rings (SSSR count). The fourth-order valence-electron chi connectivity index (χ4n) is 3.79. The number of hydrogen-bond acceptors (Lipinski definition) is 7. The molecule has 0 radical (unpaired) electrons. The molecule has 1 aliphatic rings. The number of para-hydroxylation sites is 2. The third-order valence-corrected chi connectivity index (χ3v) is 6.55. The van der Waals surface area contributed by atoms with Gasteiger partial charge in [0, 0.05) is 10.7 Å². The zero-order valence-electron chi connectivity index (χ0n) is 21.5. The van der Waals surface area contributed by atoms with Gasteiger partial charge in [0.25, 0.3) is 0 Å². The Kier molecular flexibility index (Phi) is 9.30. The number of allylic oxidation sites excluding steroid dienone is 2. The molecular formula is C28H30ClN3O4S. The summed E-state index contributed by atoms with van der Waals surface area (Å²) in [5.74, 6) is -0.829. The van der Waals surface area contributed by atoms with Gasteiger partial charge in [0.2, 0.25) is 5.91 Å². The molecule has 194 valence electrons. The minimum atomic E-state index is -0.712. The van der Waals surface area contributed by atoms with Crippen LogP contribution < -0.4 is 15.4 Å². The van der Waals surface area contributed by atoms with Gasteiger partial charge in [-0.05, 0) is 64.4 Å². The summed E-state index contributed by atoms with van der Waals surface area (Å²) in [4.78, 5) is 26.0. The van der Waals surface area contributed by atoms with Crippen LogP contribution in [0.3, 0.4) is 0 Å². The highest BCUT2D eigenvalue weighted by Gasteiger charge is 2.37. The highest BCUT2D eigenvalue weighted by molar-refractivity contribution is 8.03. The van der Waals surface area contributed by atoms with Gasteiger partial charge in [0.05, 0.1) is 46.2 Å². The molecule has 1 atom stereocenters. The molecule has 37 heavy (non-hydrogen) atoms. The van der Waals surface area contributed by atoms with Crippen molar-refractivity contribution in [3.05, 3.63) is 81.0 Å². The van der Waals surface area contributed by atoms with Gasteiger partial charge in [0.15, 0.2) is 0 Å². The largest absolute Gasteiger partial charge is 0.492 e. The molecule has 0 unspecified atom stereocenters. The standard InChI is InChI=1S/C28H30ClN3O4S/c1-6-35-22-10-8-7-9-21(22)32-23(33)16-37-26-20(15-30)25(18-11-13-19(29)14-12-18)24(17(2)31-26)27(34)36-28(3,4)5/h7-14,25,31H,6,16H2,1-5H3,(H,32,33)/t25-/m1/s1. The van der Waals surface area contributed by atoms with E-state index >= 15 is 0 Å². The van der Waals surface area contributed by atoms with Gasteiger partial charge in [-0.3, -0.25) is 4.79 Å². The third kappa shape index (κ3) is 7.31. The van der Waals surface area contributed by atoms with Crippen LogP contribution in [-0.2, 0) is 14.3 Å². The Balaban J connectivity index is 1.90. The number of amides is 1. The SMILES string of the molecule is CCOc1ccccc1NC(=O)CSC1=C(C#N)[C@@H](c2ccc(Cl)cc2)C(C(=O)OC(C)(C)C)=C(C)N1. The van der Waals surface area contributed by atoms with Crippen molar-refractivity contribution in [1.29, 1.82) is 5.26 Å². The molecule has 0 aromatic heterocycles. The molecule has 1 heterocycles. The lowest BCUT2D eigenvalue weighted by atomic mass is 9.82. The lowest BCUT2D eigenvalue weighted by molar-refractivity contribution is -0.150. The zero-order valence-corrected chi connectivity index (χ0v) is 23.0. The lowest BCUT2D eigenvalue weighted by Crippen LogP contribution is -2.32. The number of ether oxygens (including phenoxy) is 2. The van der Waals surface area contributed by atoms with E-state index in [9.17, 15) is 14.9 Å². The van der Waals surface area contributed by atoms with Crippen molar-refractivity contribution in [1.82, 2.24) is 5.32 Å². The summed E-state index contributed by atoms with van der Waals surface area (Å²) < 4.78 is 11.2. The Labute approximate surface area is 226 Å². The topological polar surface area (TPSA) is 100 Å². The van der Waals surface area contributed by atoms with Gasteiger partial charge in [-0.15, -0.1) is 0 Å². The molecule has 0 bridgehead atoms. The van der Waals surface area contributed by atoms with E-state index in [-0.39, 0.29) is 11.7 Å². The molecule has 7 nitrogen and oxygen atoms in total. The molecule has 0 aliphatic carbocycles. The first-order valence-electron chi connectivity index (χ1n) is 11.8. The van der Waals surface area contributed by atoms with E-state index in [1.165, 1.54) is 11.8 Å². The van der Waals surface area contributed by atoms with E-state index in [0.29, 0.717) is 44.9 Å². The summed E-state index contributed by atoms with van der Waals surface area (Å²) in [6.07, 6.45) is 0. The number of thioether (sulfide) groups is 1. The predicted octanol–water partition coefficient (Wildman–Crippen LogP) is 6.15. The Morgan fingerprint density at radius 1 is 1.16 bits per heavy atom. The molecule has 2 aromatic rings. The van der Waals surface area contributed by atoms with Crippen molar-refractivity contribution in [2.45, 2.75) is 46.1 Å². The average molecular weight is 540 g/mol. The first-order chi connectivity index (χ1) is 17.5. The van der Waals surface area contributed by atoms with Crippen LogP contribution in [0.25, 0.3) is 0 Å². The lowest BCUT2D eigenvalue weighted by Gasteiger charge is -2.31. The number of hydrogen-bond donors (Lipinski definition) is 2. The van der Waals surface area contributed by atoms with Crippen molar-refractivity contribution in [3.8, 4) is 11.8 Å². The van der Waals surface area contributed by atoms with Crippen molar-refractivity contribution < 1.29 is 19.1 Å². The van der Waals surface area contributed by atoms with E-state index < -0.39 is 17.5 Å². The second-order valence-electron chi connectivity index (χ2n) is 9.27. The highest BCUT2D eigenvalue weighted by Crippen LogP contribution is 2.41. The van der Waals surface area contributed by atoms with Gasteiger partial charge >= 0.3 is 5.97 Å². The molecule has 2 aromatic carbocycles. The quantitative estimate of drug-likeness (QED) is 0.388. The predicted molar refractivity (Wildman–Crippen MR) is 147 cm³/mol. The minimum Gasteiger partial charge on any atom is -0.492 e. The summed E-state index contributed by atoms with van der Waals surface area (Å²) in [5, 5.41) is 17.2. The summed E-state index contributed by atoms with van der Waals surface area (Å²) in [7, 11) is 0. The highest BCUT2D eigenvalue weighted by atomic mass is 35.5. The Hall–Kier alpha value is -3.41. The molecule has 2 N–H and O–H groups in total. The van der Waals surface area contributed by atoms with Gasteiger partial charge in [-0.2, -0.15) is 5.26 Å². The number of carbonyl (C=O) groups excluding carboxylic acids is 2. The van der Waals surface area contributed by atoms with Crippen molar-refractivity contribution in [2.75, 3.05) is 17.7 Å². The fraction of sp³-hybridized carbons (Fsp3) is 0.321. The van der Waals surface area contributed by atoms with Gasteiger partial charge in [0.1, 0.15) is 11.4 Å². The van der Waals surface area contributed by atoms with E-state index in [2.05, 4.69) is 16.7 Å². The average Bonchev–Trinajstić information content (AvgIpc) is 2.83. The molecule has 9 heteroatoms. The van der Waals surface area contributed by atoms with Crippen LogP contribution in [-0.4, -0.2) is 29.8 Å². The van der Waals surface area contributed by atoms with E-state index in [4.69, 9.17) is 21.1 Å². The van der Waals surface area contributed by atoms with Crippen LogP contribution >= 0.6 is 23.4 Å². The number of benzene rings is 2. The molecule has 0 spiro atoms. The molecule has 0 saturated heterocycles. The van der Waals surface area contributed by atoms with Crippen LogP contribution in [0.15, 0.2) is 70.4 Å². The smallest absolute Gasteiger partial charge is 0.337 e. The summed E-state index contributed by atoms with van der Waals surface area (Å²) in [6.45, 7) is 9.48. The van der Waals surface area contributed by atoms with Crippen LogP contribution in [0.2, 0.25) is 5.02 Å². The normalized spacial score (nSPS) is 15.5. The molecular weight excluding hydrogens is 510 g/mol. The molecule has 1 aliphatic heterocycles. The Morgan fingerprint density at radius 2 is 1.84 bits per heavy atom. The number of rotatable bonds is 8. The number of nitriles is 1. The Bertz CT molecular complexity index is 1270. The first-order valence-corrected chi connectivity index (χ1v) is 13.2. The summed E-state index contributed by atoms with van der Waals surface area (Å²) in [5.41, 5.74) is 1.79. The van der Waals surface area contributed by atoms with Crippen LogP contribution in [0.1, 0.15) is 46.1 Å². The summed E-state index contributed by atoms with van der Waals surface area (Å²) in [6, 6.07) is 16.5. The second kappa shape index (κ2) is 12.2. The number of nitrogens with zero attached hydrogens (tertiary/aromatic N) is 1. The third-order valence-electron chi connectivity index (χ3n) is 5.28. The second-order valence-corrected chi connectivity index (χ2v) is 10.7. The van der Waals surface area contributed by atoms with E-state index in [0.717, 1.165) is 5.56 Å². The van der Waals surface area contributed by atoms with Gasteiger partial charge in [-0.1, -0.05) is 47.6 Å². The van der Waals surface area contributed by atoms with E-state index in [1.54, 1.807) is 64.1 Å². The van der Waals surface area contributed by atoms with Crippen molar-refractivity contribution in [2.24, 2.45) is 0 Å². The van der Waals surface area contributed by atoms with Gasteiger partial charge < -0.3 is 20.1 Å². The zero-order chi connectivity index (χ0) is 27.2. The maximum Gasteiger partial charge on any atom is 0.337 e. The summed E-state index contributed by atoms with van der Waals surface area (Å²) >= 11 is 7.29. The molecule has 1 amide bonds. The van der Waals surface area contributed by atoms with Gasteiger partial charge in [-0.25, -0.2) is 4.79 Å². The van der Waals surface area contributed by atoms with Crippen molar-refractivity contribution >= 4 is 40.9 Å². The maximum atomic E-state index is 13.2. The number of anilines is 1. The monoisotopic (exact) mass is 539 g/mol. The number of halogens is 1. The number of esters is 1. The van der Waals surface area contributed by atoms with Crippen molar-refractivity contribution in [3.63, 3.8) is 0 Å². The first kappa shape index (κ1) is 28.2. The number of nitrogens with one attached hydrogen (secondary N) is 2. The molecule has 0 fully saturated rings. The number of dihydropyridines is 1. The maximum absolute atomic E-state index is 13.2. The molecule has 0 saturated carbocycles. The van der Waals surface area contributed by atoms with Crippen LogP contribution in [0, 0.1) is 11.3 Å². The Morgan fingerprint density at radius 3 is 2.46 bits per heavy atom. The fourth-order valence-corrected chi connectivity index (χ4v) is 4.81. The van der Waals surface area contributed by atoms with Crippen LogP contribution in [0.4, 0.5) is 5.69 Å². The number of carbonyl (C=O) groups is 2. The van der Waals surface area contributed by atoms with Crippen LogP contribution in [0.5, 0.6) is 5.75 Å².